The van der Waals surface area contributed by atoms with Crippen LogP contribution in [0, 0.1) is 11.7 Å². The Morgan fingerprint density at radius 3 is 2.77 bits per heavy atom. The van der Waals surface area contributed by atoms with Crippen LogP contribution < -0.4 is 15.0 Å². The molecule has 0 aliphatic carbocycles. The molecule has 2 heterocycles. The fourth-order valence-electron chi connectivity index (χ4n) is 3.41. The van der Waals surface area contributed by atoms with Crippen molar-refractivity contribution >= 4 is 33.3 Å². The first-order valence-corrected chi connectivity index (χ1v) is 10.4. The van der Waals surface area contributed by atoms with Crippen molar-refractivity contribution in [2.24, 2.45) is 5.92 Å². The number of benzene rings is 2. The second kappa shape index (κ2) is 9.21. The summed E-state index contributed by atoms with van der Waals surface area (Å²) >= 11 is 3.12. The van der Waals surface area contributed by atoms with Gasteiger partial charge in [-0.1, -0.05) is 18.2 Å². The van der Waals surface area contributed by atoms with E-state index >= 15 is 0 Å². The van der Waals surface area contributed by atoms with E-state index < -0.39 is 5.82 Å². The molecular formula is C22H20BrFN4O2. The molecule has 0 spiro atoms. The van der Waals surface area contributed by atoms with Crippen LogP contribution in [-0.2, 0) is 4.79 Å². The van der Waals surface area contributed by atoms with Crippen LogP contribution in [0.25, 0.3) is 0 Å². The SMILES string of the molecule is O=C(Nc1ccc(Br)c(F)c1)C1CCCN(c2nccnc2Oc2ccccc2)C1. The summed E-state index contributed by atoms with van der Waals surface area (Å²) in [5.41, 5.74) is 0.436. The molecule has 1 fully saturated rings. The lowest BCUT2D eigenvalue weighted by molar-refractivity contribution is -0.120. The molecule has 4 rings (SSSR count). The molecule has 1 amide bonds. The third-order valence-corrected chi connectivity index (χ3v) is 5.53. The van der Waals surface area contributed by atoms with E-state index in [0.29, 0.717) is 34.2 Å². The fourth-order valence-corrected chi connectivity index (χ4v) is 3.66. The van der Waals surface area contributed by atoms with Crippen LogP contribution in [0.1, 0.15) is 12.8 Å². The maximum Gasteiger partial charge on any atom is 0.263 e. The first-order chi connectivity index (χ1) is 14.6. The van der Waals surface area contributed by atoms with Crippen LogP contribution in [-0.4, -0.2) is 29.0 Å². The Balaban J connectivity index is 1.47. The smallest absolute Gasteiger partial charge is 0.263 e. The largest absolute Gasteiger partial charge is 0.436 e. The molecule has 30 heavy (non-hydrogen) atoms. The number of aromatic nitrogens is 2. The van der Waals surface area contributed by atoms with E-state index in [9.17, 15) is 9.18 Å². The minimum Gasteiger partial charge on any atom is -0.436 e. The molecular weight excluding hydrogens is 451 g/mol. The van der Waals surface area contributed by atoms with E-state index in [2.05, 4.69) is 31.2 Å². The first kappa shape index (κ1) is 20.3. The van der Waals surface area contributed by atoms with E-state index in [4.69, 9.17) is 4.74 Å². The third-order valence-electron chi connectivity index (χ3n) is 4.88. The van der Waals surface area contributed by atoms with Gasteiger partial charge in [0.1, 0.15) is 11.6 Å². The summed E-state index contributed by atoms with van der Waals surface area (Å²) < 4.78 is 20.0. The lowest BCUT2D eigenvalue weighted by Gasteiger charge is -2.33. The monoisotopic (exact) mass is 470 g/mol. The number of rotatable bonds is 5. The molecule has 1 aliphatic heterocycles. The number of hydrogen-bond acceptors (Lipinski definition) is 5. The van der Waals surface area contributed by atoms with Crippen molar-refractivity contribution in [3.8, 4) is 11.6 Å². The highest BCUT2D eigenvalue weighted by Crippen LogP contribution is 2.31. The van der Waals surface area contributed by atoms with Gasteiger partial charge in [0.05, 0.1) is 10.4 Å². The van der Waals surface area contributed by atoms with Crippen LogP contribution in [0.4, 0.5) is 15.9 Å². The highest BCUT2D eigenvalue weighted by molar-refractivity contribution is 9.10. The zero-order valence-corrected chi connectivity index (χ0v) is 17.7. The normalized spacial score (nSPS) is 16.2. The molecule has 1 aliphatic rings. The number of carbonyl (C=O) groups is 1. The highest BCUT2D eigenvalue weighted by Gasteiger charge is 2.28. The Morgan fingerprint density at radius 1 is 1.17 bits per heavy atom. The molecule has 2 aromatic carbocycles. The minimum atomic E-state index is -0.416. The Labute approximate surface area is 182 Å². The molecule has 1 saturated heterocycles. The zero-order valence-electron chi connectivity index (χ0n) is 16.1. The molecule has 0 radical (unpaired) electrons. The first-order valence-electron chi connectivity index (χ1n) is 9.65. The Hall–Kier alpha value is -3.00. The summed E-state index contributed by atoms with van der Waals surface area (Å²) in [5, 5.41) is 2.81. The summed E-state index contributed by atoms with van der Waals surface area (Å²) in [7, 11) is 0. The predicted molar refractivity (Wildman–Crippen MR) is 116 cm³/mol. The fraction of sp³-hybridized carbons (Fsp3) is 0.227. The quantitative estimate of drug-likeness (QED) is 0.566. The Bertz CT molecular complexity index is 1030. The van der Waals surface area contributed by atoms with E-state index in [-0.39, 0.29) is 11.8 Å². The number of nitrogens with zero attached hydrogens (tertiary/aromatic N) is 3. The van der Waals surface area contributed by atoms with Gasteiger partial charge in [-0.15, -0.1) is 0 Å². The van der Waals surface area contributed by atoms with Crippen LogP contribution in [0.5, 0.6) is 11.6 Å². The number of amides is 1. The molecule has 1 aromatic heterocycles. The number of hydrogen-bond donors (Lipinski definition) is 1. The zero-order chi connectivity index (χ0) is 20.9. The van der Waals surface area contributed by atoms with Crippen molar-refractivity contribution in [3.63, 3.8) is 0 Å². The number of para-hydroxylation sites is 1. The average molecular weight is 471 g/mol. The molecule has 3 aromatic rings. The van der Waals surface area contributed by atoms with Crippen molar-refractivity contribution in [1.29, 1.82) is 0 Å². The van der Waals surface area contributed by atoms with Gasteiger partial charge in [0, 0.05) is 31.2 Å². The summed E-state index contributed by atoms with van der Waals surface area (Å²) in [5.74, 6) is 0.865. The highest BCUT2D eigenvalue weighted by atomic mass is 79.9. The average Bonchev–Trinajstić information content (AvgIpc) is 2.77. The van der Waals surface area contributed by atoms with Crippen molar-refractivity contribution in [2.75, 3.05) is 23.3 Å². The van der Waals surface area contributed by atoms with Crippen molar-refractivity contribution in [1.82, 2.24) is 9.97 Å². The van der Waals surface area contributed by atoms with Crippen LogP contribution >= 0.6 is 15.9 Å². The third kappa shape index (κ3) is 4.76. The molecule has 6 nitrogen and oxygen atoms in total. The van der Waals surface area contributed by atoms with Gasteiger partial charge in [0.25, 0.3) is 5.88 Å². The molecule has 154 valence electrons. The second-order valence-electron chi connectivity index (χ2n) is 7.00. The summed E-state index contributed by atoms with van der Waals surface area (Å²) in [6, 6.07) is 13.9. The van der Waals surface area contributed by atoms with E-state index in [0.717, 1.165) is 19.4 Å². The van der Waals surface area contributed by atoms with Gasteiger partial charge in [-0.3, -0.25) is 4.79 Å². The summed E-state index contributed by atoms with van der Waals surface area (Å²) in [6.45, 7) is 1.23. The Kier molecular flexibility index (Phi) is 6.23. The number of ether oxygens (including phenoxy) is 1. The molecule has 1 atom stereocenters. The number of carbonyl (C=O) groups excluding carboxylic acids is 1. The van der Waals surface area contributed by atoms with Crippen LogP contribution in [0.2, 0.25) is 0 Å². The molecule has 0 saturated carbocycles. The van der Waals surface area contributed by atoms with Crippen molar-refractivity contribution < 1.29 is 13.9 Å². The number of piperidine rings is 1. The molecule has 8 heteroatoms. The summed E-state index contributed by atoms with van der Waals surface area (Å²) in [6.07, 6.45) is 4.77. The number of nitrogens with one attached hydrogen (secondary N) is 1. The molecule has 0 bridgehead atoms. The number of halogens is 2. The maximum atomic E-state index is 13.7. The van der Waals surface area contributed by atoms with Gasteiger partial charge in [-0.2, -0.15) is 0 Å². The topological polar surface area (TPSA) is 67.4 Å². The van der Waals surface area contributed by atoms with Crippen molar-refractivity contribution in [3.05, 3.63) is 71.2 Å². The van der Waals surface area contributed by atoms with E-state index in [1.165, 1.54) is 6.07 Å². The van der Waals surface area contributed by atoms with Crippen LogP contribution in [0.15, 0.2) is 65.4 Å². The van der Waals surface area contributed by atoms with Gasteiger partial charge < -0.3 is 15.0 Å². The molecule has 1 unspecified atom stereocenters. The minimum absolute atomic E-state index is 0.143. The lowest BCUT2D eigenvalue weighted by atomic mass is 9.97. The van der Waals surface area contributed by atoms with Gasteiger partial charge in [-0.25, -0.2) is 14.4 Å². The Morgan fingerprint density at radius 2 is 1.97 bits per heavy atom. The van der Waals surface area contributed by atoms with Gasteiger partial charge in [0.2, 0.25) is 5.91 Å². The maximum absolute atomic E-state index is 13.7. The van der Waals surface area contributed by atoms with Gasteiger partial charge >= 0.3 is 0 Å². The standard InChI is InChI=1S/C22H20BrFN4O2/c23-18-9-8-16(13-19(18)24)27-21(29)15-5-4-12-28(14-15)20-22(26-11-10-25-20)30-17-6-2-1-3-7-17/h1-3,6-11,13,15H,4-5,12,14H2,(H,27,29). The van der Waals surface area contributed by atoms with E-state index in [1.54, 1.807) is 24.5 Å². The van der Waals surface area contributed by atoms with Gasteiger partial charge in [0.15, 0.2) is 5.82 Å². The predicted octanol–water partition coefficient (Wildman–Crippen LogP) is 5.03. The molecule has 1 N–H and O–H groups in total. The van der Waals surface area contributed by atoms with Gasteiger partial charge in [-0.05, 0) is 59.1 Å². The van der Waals surface area contributed by atoms with E-state index in [1.807, 2.05) is 35.2 Å². The van der Waals surface area contributed by atoms with Crippen LogP contribution in [0.3, 0.4) is 0 Å². The summed E-state index contributed by atoms with van der Waals surface area (Å²) in [4.78, 5) is 23.6. The van der Waals surface area contributed by atoms with Crippen molar-refractivity contribution in [2.45, 2.75) is 12.8 Å². The second-order valence-corrected chi connectivity index (χ2v) is 7.86. The number of anilines is 2. The lowest BCUT2D eigenvalue weighted by Crippen LogP contribution is -2.41.